The van der Waals surface area contributed by atoms with Crippen molar-refractivity contribution in [3.05, 3.63) is 12.2 Å². The second-order valence-corrected chi connectivity index (χ2v) is 5.99. The molecule has 0 aromatic heterocycles. The molecule has 0 aliphatic carbocycles. The van der Waals surface area contributed by atoms with Crippen LogP contribution in [0.15, 0.2) is 12.2 Å². The lowest BCUT2D eigenvalue weighted by Crippen LogP contribution is -2.46. The molecule has 1 saturated heterocycles. The van der Waals surface area contributed by atoms with Crippen LogP contribution in [-0.2, 0) is 33.3 Å². The predicted octanol–water partition coefficient (Wildman–Crippen LogP) is 0.117. The van der Waals surface area contributed by atoms with Crippen LogP contribution in [0, 0.1) is 5.92 Å². The van der Waals surface area contributed by atoms with Gasteiger partial charge in [0.15, 0.2) is 0 Å². The minimum Gasteiger partial charge on any atom is -0.463 e. The summed E-state index contributed by atoms with van der Waals surface area (Å²) in [5.41, 5.74) is 0. The third-order valence-corrected chi connectivity index (χ3v) is 4.00. The van der Waals surface area contributed by atoms with Gasteiger partial charge in [-0.15, -0.1) is 0 Å². The minimum absolute atomic E-state index is 0.0433. The highest BCUT2D eigenvalue weighted by Gasteiger charge is 2.42. The number of aliphatic hydroxyl groups excluding tert-OH is 1. The zero-order valence-corrected chi connectivity index (χ0v) is 13.8. The SMILES string of the molecule is CC(=O)OC[C@H]1O[C@H]([C@H](C)C2OC(=O)CC2O)C=C[C@@H]1OC(C)=O. The third-order valence-electron chi connectivity index (χ3n) is 4.00. The fourth-order valence-electron chi connectivity index (χ4n) is 2.82. The van der Waals surface area contributed by atoms with Gasteiger partial charge in [0.2, 0.25) is 0 Å². The summed E-state index contributed by atoms with van der Waals surface area (Å²) in [4.78, 5) is 33.5. The van der Waals surface area contributed by atoms with E-state index in [0.717, 1.165) is 0 Å². The molecule has 8 heteroatoms. The van der Waals surface area contributed by atoms with Gasteiger partial charge in [-0.25, -0.2) is 0 Å². The van der Waals surface area contributed by atoms with Crippen LogP contribution in [0.5, 0.6) is 0 Å². The van der Waals surface area contributed by atoms with Crippen LogP contribution >= 0.6 is 0 Å². The average molecular weight is 342 g/mol. The summed E-state index contributed by atoms with van der Waals surface area (Å²) in [6.07, 6.45) is -0.0911. The number of esters is 3. The van der Waals surface area contributed by atoms with Crippen LogP contribution in [-0.4, -0.2) is 60.1 Å². The molecule has 0 aromatic rings. The van der Waals surface area contributed by atoms with E-state index in [1.165, 1.54) is 13.8 Å². The fraction of sp³-hybridized carbons (Fsp3) is 0.688. The molecule has 6 atom stereocenters. The van der Waals surface area contributed by atoms with E-state index in [2.05, 4.69) is 0 Å². The Morgan fingerprint density at radius 1 is 1.33 bits per heavy atom. The molecule has 1 fully saturated rings. The number of carbonyl (C=O) groups is 3. The van der Waals surface area contributed by atoms with Gasteiger partial charge in [-0.1, -0.05) is 13.0 Å². The lowest BCUT2D eigenvalue weighted by atomic mass is 9.91. The summed E-state index contributed by atoms with van der Waals surface area (Å²) in [6, 6.07) is 0. The van der Waals surface area contributed by atoms with Crippen LogP contribution < -0.4 is 0 Å². The molecule has 2 unspecified atom stereocenters. The quantitative estimate of drug-likeness (QED) is 0.426. The van der Waals surface area contributed by atoms with E-state index in [0.29, 0.717) is 0 Å². The smallest absolute Gasteiger partial charge is 0.308 e. The Balaban J connectivity index is 2.07. The Morgan fingerprint density at radius 3 is 2.58 bits per heavy atom. The molecule has 24 heavy (non-hydrogen) atoms. The summed E-state index contributed by atoms with van der Waals surface area (Å²) < 4.78 is 21.1. The van der Waals surface area contributed by atoms with Crippen molar-refractivity contribution >= 4 is 17.9 Å². The Labute approximate surface area is 139 Å². The molecular formula is C16H22O8. The summed E-state index contributed by atoms with van der Waals surface area (Å²) >= 11 is 0. The average Bonchev–Trinajstić information content (AvgIpc) is 2.83. The second-order valence-electron chi connectivity index (χ2n) is 5.99. The summed E-state index contributed by atoms with van der Waals surface area (Å²) in [5.74, 6) is -1.72. The van der Waals surface area contributed by atoms with Crippen molar-refractivity contribution < 1.29 is 38.4 Å². The molecule has 8 nitrogen and oxygen atoms in total. The standard InChI is InChI=1S/C16H22O8/c1-8(16-11(19)6-15(20)24-16)12-4-5-13(22-10(3)18)14(23-12)7-21-9(2)17/h4-5,8,11-14,16,19H,6-7H2,1-3H3/t8-,11?,12-,13-,14+,16?/m0/s1. The number of rotatable bonds is 5. The van der Waals surface area contributed by atoms with Gasteiger partial charge in [-0.2, -0.15) is 0 Å². The van der Waals surface area contributed by atoms with Crippen LogP contribution in [0.2, 0.25) is 0 Å². The topological polar surface area (TPSA) is 108 Å². The fourth-order valence-corrected chi connectivity index (χ4v) is 2.82. The van der Waals surface area contributed by atoms with Crippen molar-refractivity contribution in [2.45, 2.75) is 57.7 Å². The van der Waals surface area contributed by atoms with Crippen molar-refractivity contribution in [1.29, 1.82) is 0 Å². The number of hydrogen-bond donors (Lipinski definition) is 1. The van der Waals surface area contributed by atoms with Gasteiger partial charge < -0.3 is 24.1 Å². The van der Waals surface area contributed by atoms with Crippen LogP contribution in [0.25, 0.3) is 0 Å². The first-order valence-corrected chi connectivity index (χ1v) is 7.80. The van der Waals surface area contributed by atoms with E-state index in [-0.39, 0.29) is 18.9 Å². The normalized spacial score (nSPS) is 33.7. The lowest BCUT2D eigenvalue weighted by Gasteiger charge is -2.35. The van der Waals surface area contributed by atoms with E-state index in [9.17, 15) is 19.5 Å². The molecule has 2 aliphatic heterocycles. The van der Waals surface area contributed by atoms with Gasteiger partial charge in [0.05, 0.1) is 12.5 Å². The molecule has 2 aliphatic rings. The van der Waals surface area contributed by atoms with Gasteiger partial charge in [-0.05, 0) is 6.08 Å². The maximum Gasteiger partial charge on any atom is 0.308 e. The zero-order valence-electron chi connectivity index (χ0n) is 13.8. The van der Waals surface area contributed by atoms with E-state index in [1.807, 2.05) is 0 Å². The van der Waals surface area contributed by atoms with Gasteiger partial charge in [0.1, 0.15) is 31.0 Å². The van der Waals surface area contributed by atoms with E-state index < -0.39 is 48.4 Å². The molecule has 0 aromatic carbocycles. The molecule has 2 rings (SSSR count). The van der Waals surface area contributed by atoms with E-state index >= 15 is 0 Å². The minimum atomic E-state index is -0.886. The van der Waals surface area contributed by atoms with Crippen molar-refractivity contribution in [2.24, 2.45) is 5.92 Å². The predicted molar refractivity (Wildman–Crippen MR) is 79.7 cm³/mol. The van der Waals surface area contributed by atoms with Crippen molar-refractivity contribution in [1.82, 2.24) is 0 Å². The Kier molecular flexibility index (Phi) is 5.95. The summed E-state index contributed by atoms with van der Waals surface area (Å²) in [6.45, 7) is 4.26. The third kappa shape index (κ3) is 4.55. The lowest BCUT2D eigenvalue weighted by molar-refractivity contribution is -0.170. The molecule has 0 bridgehead atoms. The highest BCUT2D eigenvalue weighted by Crippen LogP contribution is 2.29. The molecule has 0 amide bonds. The number of aliphatic hydroxyl groups is 1. The summed E-state index contributed by atoms with van der Waals surface area (Å²) in [7, 11) is 0. The maximum atomic E-state index is 11.3. The first-order valence-electron chi connectivity index (χ1n) is 7.80. The van der Waals surface area contributed by atoms with Gasteiger partial charge >= 0.3 is 17.9 Å². The van der Waals surface area contributed by atoms with Gasteiger partial charge in [0.25, 0.3) is 0 Å². The summed E-state index contributed by atoms with van der Waals surface area (Å²) in [5, 5.41) is 9.91. The van der Waals surface area contributed by atoms with Crippen LogP contribution in [0.4, 0.5) is 0 Å². The number of carbonyl (C=O) groups excluding carboxylic acids is 3. The first kappa shape index (κ1) is 18.4. The van der Waals surface area contributed by atoms with Crippen LogP contribution in [0.1, 0.15) is 27.2 Å². The number of ether oxygens (including phenoxy) is 4. The molecule has 1 N–H and O–H groups in total. The van der Waals surface area contributed by atoms with Gasteiger partial charge in [0, 0.05) is 19.8 Å². The zero-order chi connectivity index (χ0) is 17.9. The maximum absolute atomic E-state index is 11.3. The highest BCUT2D eigenvalue weighted by atomic mass is 16.6. The largest absolute Gasteiger partial charge is 0.463 e. The molecule has 0 spiro atoms. The van der Waals surface area contributed by atoms with E-state index in [1.54, 1.807) is 19.1 Å². The van der Waals surface area contributed by atoms with Gasteiger partial charge in [-0.3, -0.25) is 14.4 Å². The molecule has 0 radical (unpaired) electrons. The Bertz CT molecular complexity index is 528. The first-order chi connectivity index (χ1) is 11.3. The Morgan fingerprint density at radius 2 is 2.04 bits per heavy atom. The second kappa shape index (κ2) is 7.76. The molecule has 2 heterocycles. The Hall–Kier alpha value is -1.93. The van der Waals surface area contributed by atoms with Crippen LogP contribution in [0.3, 0.4) is 0 Å². The van der Waals surface area contributed by atoms with E-state index in [4.69, 9.17) is 18.9 Å². The van der Waals surface area contributed by atoms with Crippen molar-refractivity contribution in [3.63, 3.8) is 0 Å². The number of cyclic esters (lactones) is 1. The molecular weight excluding hydrogens is 320 g/mol. The highest BCUT2D eigenvalue weighted by molar-refractivity contribution is 5.72. The van der Waals surface area contributed by atoms with Crippen molar-refractivity contribution in [3.8, 4) is 0 Å². The van der Waals surface area contributed by atoms with Crippen molar-refractivity contribution in [2.75, 3.05) is 6.61 Å². The monoisotopic (exact) mass is 342 g/mol. The molecule has 0 saturated carbocycles. The number of hydrogen-bond acceptors (Lipinski definition) is 8. The molecule has 134 valence electrons.